The summed E-state index contributed by atoms with van der Waals surface area (Å²) >= 11 is 0. The highest BCUT2D eigenvalue weighted by Crippen LogP contribution is 2.14. The van der Waals surface area contributed by atoms with Gasteiger partial charge in [0.25, 0.3) is 0 Å². The van der Waals surface area contributed by atoms with Crippen molar-refractivity contribution in [1.29, 1.82) is 0 Å². The van der Waals surface area contributed by atoms with Gasteiger partial charge in [-0.2, -0.15) is 4.98 Å². The molecule has 0 saturated heterocycles. The molecular weight excluding hydrogens is 290 g/mol. The van der Waals surface area contributed by atoms with Crippen molar-refractivity contribution in [2.24, 2.45) is 5.73 Å². The van der Waals surface area contributed by atoms with Crippen molar-refractivity contribution in [2.75, 3.05) is 12.0 Å². The van der Waals surface area contributed by atoms with Crippen molar-refractivity contribution in [3.63, 3.8) is 0 Å². The maximum Gasteiger partial charge on any atom is 0.243 e. The number of hydrogen-bond acceptors (Lipinski definition) is 6. The first kappa shape index (κ1) is 15.7. The number of nitrogens with two attached hydrogens (primary N) is 1. The standard InChI is InChI=1S/C14H19N3O3S/c1-10-3-5-11(6-4-10)9-13-16-14(20-17-13)12(15)7-8-21(2,18)19/h3-6,12H,7-9,15H2,1-2H3. The molecule has 0 aliphatic rings. The molecule has 0 radical (unpaired) electrons. The predicted octanol–water partition coefficient (Wildman–Crippen LogP) is 1.40. The fourth-order valence-electron chi connectivity index (χ4n) is 1.84. The molecule has 0 fully saturated rings. The van der Waals surface area contributed by atoms with Gasteiger partial charge >= 0.3 is 0 Å². The SMILES string of the molecule is Cc1ccc(Cc2noc(C(N)CCS(C)(=O)=O)n2)cc1. The second-order valence-corrected chi connectivity index (χ2v) is 7.50. The van der Waals surface area contributed by atoms with E-state index >= 15 is 0 Å². The summed E-state index contributed by atoms with van der Waals surface area (Å²) in [7, 11) is -3.04. The van der Waals surface area contributed by atoms with Crippen molar-refractivity contribution in [1.82, 2.24) is 10.1 Å². The normalized spacial score (nSPS) is 13.3. The number of aromatic nitrogens is 2. The summed E-state index contributed by atoms with van der Waals surface area (Å²) in [5.74, 6) is 0.827. The molecule has 0 aliphatic carbocycles. The van der Waals surface area contributed by atoms with Gasteiger partial charge in [0.1, 0.15) is 9.84 Å². The third-order valence-electron chi connectivity index (χ3n) is 3.08. The van der Waals surface area contributed by atoms with Gasteiger partial charge < -0.3 is 10.3 Å². The maximum atomic E-state index is 11.1. The first-order valence-corrected chi connectivity index (χ1v) is 8.71. The molecule has 6 nitrogen and oxygen atoms in total. The number of sulfone groups is 1. The van der Waals surface area contributed by atoms with Gasteiger partial charge in [0.15, 0.2) is 5.82 Å². The minimum Gasteiger partial charge on any atom is -0.338 e. The average Bonchev–Trinajstić information content (AvgIpc) is 2.86. The van der Waals surface area contributed by atoms with E-state index < -0.39 is 15.9 Å². The van der Waals surface area contributed by atoms with E-state index in [2.05, 4.69) is 10.1 Å². The molecule has 1 aromatic carbocycles. The summed E-state index contributed by atoms with van der Waals surface area (Å²) in [6.07, 6.45) is 2.00. The van der Waals surface area contributed by atoms with Gasteiger partial charge in [-0.1, -0.05) is 35.0 Å². The van der Waals surface area contributed by atoms with E-state index in [1.807, 2.05) is 31.2 Å². The van der Waals surface area contributed by atoms with Crippen molar-refractivity contribution < 1.29 is 12.9 Å². The number of nitrogens with zero attached hydrogens (tertiary/aromatic N) is 2. The fraction of sp³-hybridized carbons (Fsp3) is 0.429. The van der Waals surface area contributed by atoms with E-state index in [1.165, 1.54) is 11.8 Å². The van der Waals surface area contributed by atoms with E-state index in [0.29, 0.717) is 12.2 Å². The lowest BCUT2D eigenvalue weighted by atomic mass is 10.1. The fourth-order valence-corrected chi connectivity index (χ4v) is 2.52. The lowest BCUT2D eigenvalue weighted by molar-refractivity contribution is 0.349. The molecule has 0 aliphatic heterocycles. The van der Waals surface area contributed by atoms with Crippen molar-refractivity contribution in [3.8, 4) is 0 Å². The van der Waals surface area contributed by atoms with Gasteiger partial charge in [0, 0.05) is 12.7 Å². The first-order valence-electron chi connectivity index (χ1n) is 6.65. The quantitative estimate of drug-likeness (QED) is 0.866. The summed E-state index contributed by atoms with van der Waals surface area (Å²) in [5.41, 5.74) is 8.14. The second-order valence-electron chi connectivity index (χ2n) is 5.24. The van der Waals surface area contributed by atoms with Crippen molar-refractivity contribution in [3.05, 3.63) is 47.1 Å². The molecule has 0 amide bonds. The first-order chi connectivity index (χ1) is 9.83. The molecule has 2 N–H and O–H groups in total. The highest BCUT2D eigenvalue weighted by atomic mass is 32.2. The maximum absolute atomic E-state index is 11.1. The van der Waals surface area contributed by atoms with Crippen LogP contribution in [0.2, 0.25) is 0 Å². The molecule has 7 heteroatoms. The van der Waals surface area contributed by atoms with E-state index in [4.69, 9.17) is 10.3 Å². The average molecular weight is 309 g/mol. The van der Waals surface area contributed by atoms with Gasteiger partial charge in [-0.3, -0.25) is 0 Å². The Labute approximate surface area is 124 Å². The van der Waals surface area contributed by atoms with Gasteiger partial charge in [0.05, 0.1) is 11.8 Å². The lowest BCUT2D eigenvalue weighted by Crippen LogP contribution is -2.16. The van der Waals surface area contributed by atoms with E-state index in [9.17, 15) is 8.42 Å². The van der Waals surface area contributed by atoms with E-state index in [1.54, 1.807) is 0 Å². The number of benzene rings is 1. The number of aryl methyl sites for hydroxylation is 1. The summed E-state index contributed by atoms with van der Waals surface area (Å²) in [6, 6.07) is 7.51. The largest absolute Gasteiger partial charge is 0.338 e. The minimum absolute atomic E-state index is 0.00381. The van der Waals surface area contributed by atoms with Crippen LogP contribution in [0.4, 0.5) is 0 Å². The molecule has 21 heavy (non-hydrogen) atoms. The highest BCUT2D eigenvalue weighted by Gasteiger charge is 2.17. The topological polar surface area (TPSA) is 99.1 Å². The van der Waals surface area contributed by atoms with Gasteiger partial charge in [0.2, 0.25) is 5.89 Å². The second kappa shape index (κ2) is 6.36. The van der Waals surface area contributed by atoms with Crippen LogP contribution in [-0.2, 0) is 16.3 Å². The Morgan fingerprint density at radius 3 is 2.57 bits per heavy atom. The molecule has 114 valence electrons. The highest BCUT2D eigenvalue weighted by molar-refractivity contribution is 7.90. The minimum atomic E-state index is -3.04. The summed E-state index contributed by atoms with van der Waals surface area (Å²) < 4.78 is 27.3. The summed E-state index contributed by atoms with van der Waals surface area (Å²) in [4.78, 5) is 4.23. The zero-order chi connectivity index (χ0) is 15.5. The van der Waals surface area contributed by atoms with Crippen LogP contribution in [-0.4, -0.2) is 30.6 Å². The number of rotatable bonds is 6. The Bertz CT molecular complexity index is 693. The Morgan fingerprint density at radius 1 is 1.29 bits per heavy atom. The van der Waals surface area contributed by atoms with E-state index in [0.717, 1.165) is 5.56 Å². The Balaban J connectivity index is 1.99. The molecule has 1 heterocycles. The number of hydrogen-bond donors (Lipinski definition) is 1. The molecule has 1 aromatic heterocycles. The summed E-state index contributed by atoms with van der Waals surface area (Å²) in [6.45, 7) is 2.02. The van der Waals surface area contributed by atoms with Gasteiger partial charge in [-0.15, -0.1) is 0 Å². The van der Waals surface area contributed by atoms with Crippen LogP contribution in [0.3, 0.4) is 0 Å². The van der Waals surface area contributed by atoms with Crippen LogP contribution in [0.5, 0.6) is 0 Å². The van der Waals surface area contributed by atoms with Crippen LogP contribution < -0.4 is 5.73 Å². The van der Waals surface area contributed by atoms with Crippen LogP contribution in [0.25, 0.3) is 0 Å². The molecule has 0 saturated carbocycles. The Hall–Kier alpha value is -1.73. The van der Waals surface area contributed by atoms with E-state index in [-0.39, 0.29) is 18.1 Å². The van der Waals surface area contributed by atoms with Crippen molar-refractivity contribution >= 4 is 9.84 Å². The molecule has 0 bridgehead atoms. The third-order valence-corrected chi connectivity index (χ3v) is 4.06. The molecule has 1 unspecified atom stereocenters. The van der Waals surface area contributed by atoms with Crippen molar-refractivity contribution in [2.45, 2.75) is 25.8 Å². The molecule has 2 rings (SSSR count). The monoisotopic (exact) mass is 309 g/mol. The zero-order valence-corrected chi connectivity index (χ0v) is 12.9. The third kappa shape index (κ3) is 4.95. The Kier molecular flexibility index (Phi) is 4.74. The molecule has 1 atom stereocenters. The van der Waals surface area contributed by atoms with Gasteiger partial charge in [-0.25, -0.2) is 8.42 Å². The van der Waals surface area contributed by atoms with Crippen LogP contribution in [0.15, 0.2) is 28.8 Å². The smallest absolute Gasteiger partial charge is 0.243 e. The molecule has 0 spiro atoms. The molecular formula is C14H19N3O3S. The summed E-state index contributed by atoms with van der Waals surface area (Å²) in [5, 5.41) is 3.88. The van der Waals surface area contributed by atoms with Crippen LogP contribution in [0.1, 0.15) is 35.3 Å². The Morgan fingerprint density at radius 2 is 1.95 bits per heavy atom. The molecule has 2 aromatic rings. The zero-order valence-electron chi connectivity index (χ0n) is 12.1. The van der Waals surface area contributed by atoms with Crippen LogP contribution >= 0.6 is 0 Å². The van der Waals surface area contributed by atoms with Gasteiger partial charge in [-0.05, 0) is 18.9 Å². The predicted molar refractivity (Wildman–Crippen MR) is 79.5 cm³/mol. The van der Waals surface area contributed by atoms with Crippen LogP contribution in [0, 0.1) is 6.92 Å². The lowest BCUT2D eigenvalue weighted by Gasteiger charge is -2.04.